The molecule has 140 valence electrons. The molecule has 3 aromatic rings. The molecule has 1 atom stereocenters. The van der Waals surface area contributed by atoms with E-state index in [2.05, 4.69) is 38.9 Å². The van der Waals surface area contributed by atoms with E-state index >= 15 is 0 Å². The molecule has 1 aliphatic heterocycles. The van der Waals surface area contributed by atoms with Crippen molar-refractivity contribution in [3.8, 4) is 22.1 Å². The van der Waals surface area contributed by atoms with Crippen LogP contribution in [0.3, 0.4) is 0 Å². The number of thiazole rings is 1. The number of rotatable bonds is 4. The number of amides is 1. The van der Waals surface area contributed by atoms with Gasteiger partial charge in [0.1, 0.15) is 22.3 Å². The van der Waals surface area contributed by atoms with Crippen molar-refractivity contribution in [2.24, 2.45) is 0 Å². The molecule has 8 nitrogen and oxygen atoms in total. The summed E-state index contributed by atoms with van der Waals surface area (Å²) in [5.74, 6) is 1.46. The number of carbonyl (C=O) groups is 1. The summed E-state index contributed by atoms with van der Waals surface area (Å²) < 4.78 is 0. The van der Waals surface area contributed by atoms with Crippen LogP contribution in [0, 0.1) is 0 Å². The van der Waals surface area contributed by atoms with E-state index in [1.54, 1.807) is 29.9 Å². The molecule has 1 N–H and O–H groups in total. The Balaban J connectivity index is 1.86. The molecule has 0 unspecified atom stereocenters. The zero-order chi connectivity index (χ0) is 19.1. The number of hydrogen-bond donors (Lipinski definition) is 1. The first-order valence-corrected chi connectivity index (χ1v) is 9.77. The quantitative estimate of drug-likeness (QED) is 0.745. The zero-order valence-corrected chi connectivity index (χ0v) is 16.5. The lowest BCUT2D eigenvalue weighted by atomic mass is 10.1. The van der Waals surface area contributed by atoms with Crippen LogP contribution in [-0.4, -0.2) is 50.2 Å². The molecule has 0 bridgehead atoms. The Hall–Kier alpha value is -2.81. The maximum absolute atomic E-state index is 12.8. The Kier molecular flexibility index (Phi) is 4.39. The molecule has 0 saturated heterocycles. The number of anilines is 2. The second kappa shape index (κ2) is 6.73. The second-order valence-corrected chi connectivity index (χ2v) is 7.58. The van der Waals surface area contributed by atoms with Gasteiger partial charge in [0.2, 0.25) is 5.91 Å². The first kappa shape index (κ1) is 17.6. The van der Waals surface area contributed by atoms with Crippen molar-refractivity contribution in [1.82, 2.24) is 25.1 Å². The number of carbonyl (C=O) groups excluding carboxylic acids is 1. The van der Waals surface area contributed by atoms with Gasteiger partial charge in [0.15, 0.2) is 11.6 Å². The van der Waals surface area contributed by atoms with E-state index in [4.69, 9.17) is 4.98 Å². The van der Waals surface area contributed by atoms with Crippen molar-refractivity contribution in [2.75, 3.05) is 16.8 Å². The van der Waals surface area contributed by atoms with Gasteiger partial charge in [0.05, 0.1) is 17.4 Å². The van der Waals surface area contributed by atoms with Gasteiger partial charge in [-0.25, -0.2) is 15.0 Å². The lowest BCUT2D eigenvalue weighted by molar-refractivity contribution is -0.120. The average molecular weight is 383 g/mol. The van der Waals surface area contributed by atoms with Crippen LogP contribution in [0.4, 0.5) is 11.5 Å². The number of hydrogen-bond acceptors (Lipinski definition) is 7. The standard InChI is InChI=1S/C18H21N7OS/c1-5-12-18(26)24(4)13-8-19-16(22-17(13)25(12)10(2)3)15-14(20-9-27-15)11-6-7-21-23-11/h6-10,12H,5H2,1-4H3,(H,21,23)/t12-/m1/s1. The molecule has 0 spiro atoms. The third-order valence-electron chi connectivity index (χ3n) is 4.78. The van der Waals surface area contributed by atoms with Crippen molar-refractivity contribution < 1.29 is 4.79 Å². The summed E-state index contributed by atoms with van der Waals surface area (Å²) in [4.78, 5) is 31.3. The normalized spacial score (nSPS) is 16.9. The maximum atomic E-state index is 12.8. The summed E-state index contributed by atoms with van der Waals surface area (Å²) in [6.45, 7) is 6.18. The van der Waals surface area contributed by atoms with Gasteiger partial charge in [-0.15, -0.1) is 11.3 Å². The molecular weight excluding hydrogens is 362 g/mol. The Morgan fingerprint density at radius 2 is 2.15 bits per heavy atom. The van der Waals surface area contributed by atoms with Crippen LogP contribution in [0.5, 0.6) is 0 Å². The zero-order valence-electron chi connectivity index (χ0n) is 15.7. The largest absolute Gasteiger partial charge is 0.340 e. The highest BCUT2D eigenvalue weighted by Crippen LogP contribution is 2.39. The fourth-order valence-electron chi connectivity index (χ4n) is 3.47. The van der Waals surface area contributed by atoms with Crippen molar-refractivity contribution in [2.45, 2.75) is 39.3 Å². The highest BCUT2D eigenvalue weighted by molar-refractivity contribution is 7.13. The molecule has 27 heavy (non-hydrogen) atoms. The topological polar surface area (TPSA) is 90.9 Å². The van der Waals surface area contributed by atoms with E-state index in [9.17, 15) is 4.79 Å². The first-order valence-electron chi connectivity index (χ1n) is 8.89. The van der Waals surface area contributed by atoms with Crippen molar-refractivity contribution in [3.63, 3.8) is 0 Å². The molecule has 0 aromatic carbocycles. The Morgan fingerprint density at radius 3 is 2.81 bits per heavy atom. The molecular formula is C18H21N7OS. The molecule has 4 rings (SSSR count). The number of aromatic amines is 1. The molecule has 0 radical (unpaired) electrons. The summed E-state index contributed by atoms with van der Waals surface area (Å²) in [6.07, 6.45) is 4.15. The number of likely N-dealkylation sites (N-methyl/N-ethyl adjacent to an activating group) is 1. The Labute approximate surface area is 161 Å². The third kappa shape index (κ3) is 2.78. The number of fused-ring (bicyclic) bond motifs is 1. The van der Waals surface area contributed by atoms with Crippen LogP contribution >= 0.6 is 11.3 Å². The van der Waals surface area contributed by atoms with Crippen LogP contribution in [0.1, 0.15) is 27.2 Å². The van der Waals surface area contributed by atoms with Gasteiger partial charge in [-0.3, -0.25) is 9.89 Å². The van der Waals surface area contributed by atoms with Crippen LogP contribution < -0.4 is 9.80 Å². The van der Waals surface area contributed by atoms with Gasteiger partial charge in [-0.1, -0.05) is 6.92 Å². The average Bonchev–Trinajstić information content (AvgIpc) is 3.34. The predicted octanol–water partition coefficient (Wildman–Crippen LogP) is 2.96. The minimum Gasteiger partial charge on any atom is -0.340 e. The SMILES string of the molecule is CC[C@@H]1C(=O)N(C)c2cnc(-c3scnc3-c3ccn[nH]3)nc2N1C(C)C. The maximum Gasteiger partial charge on any atom is 0.249 e. The summed E-state index contributed by atoms with van der Waals surface area (Å²) in [5.41, 5.74) is 4.11. The molecule has 1 aliphatic rings. The number of H-pyrrole nitrogens is 1. The lowest BCUT2D eigenvalue weighted by Crippen LogP contribution is -2.54. The fourth-order valence-corrected chi connectivity index (χ4v) is 4.21. The van der Waals surface area contributed by atoms with Crippen LogP contribution in [0.25, 0.3) is 22.1 Å². The smallest absolute Gasteiger partial charge is 0.249 e. The molecule has 9 heteroatoms. The molecule has 0 aliphatic carbocycles. The Bertz CT molecular complexity index is 966. The molecule has 0 saturated carbocycles. The van der Waals surface area contributed by atoms with Crippen LogP contribution in [-0.2, 0) is 4.79 Å². The van der Waals surface area contributed by atoms with Gasteiger partial charge >= 0.3 is 0 Å². The van der Waals surface area contributed by atoms with Gasteiger partial charge in [-0.05, 0) is 26.3 Å². The van der Waals surface area contributed by atoms with E-state index in [0.29, 0.717) is 5.82 Å². The number of aromatic nitrogens is 5. The number of nitrogens with zero attached hydrogens (tertiary/aromatic N) is 6. The summed E-state index contributed by atoms with van der Waals surface area (Å²) in [5, 5.41) is 6.95. The van der Waals surface area contributed by atoms with Gasteiger partial charge in [0.25, 0.3) is 0 Å². The van der Waals surface area contributed by atoms with Crippen LogP contribution in [0.15, 0.2) is 24.0 Å². The van der Waals surface area contributed by atoms with E-state index < -0.39 is 0 Å². The van der Waals surface area contributed by atoms with Crippen molar-refractivity contribution in [3.05, 3.63) is 24.0 Å². The van der Waals surface area contributed by atoms with Crippen molar-refractivity contribution in [1.29, 1.82) is 0 Å². The molecule has 4 heterocycles. The Morgan fingerprint density at radius 1 is 1.33 bits per heavy atom. The van der Waals surface area contributed by atoms with Crippen molar-refractivity contribution >= 4 is 28.7 Å². The molecule has 1 amide bonds. The first-order chi connectivity index (χ1) is 13.0. The van der Waals surface area contributed by atoms with E-state index in [-0.39, 0.29) is 18.0 Å². The highest BCUT2D eigenvalue weighted by atomic mass is 32.1. The summed E-state index contributed by atoms with van der Waals surface area (Å²) in [7, 11) is 1.78. The van der Waals surface area contributed by atoms with E-state index in [0.717, 1.165) is 34.2 Å². The minimum absolute atomic E-state index is 0.0750. The number of nitrogens with one attached hydrogen (secondary N) is 1. The highest BCUT2D eigenvalue weighted by Gasteiger charge is 2.38. The van der Waals surface area contributed by atoms with Gasteiger partial charge in [0, 0.05) is 19.3 Å². The van der Waals surface area contributed by atoms with Gasteiger partial charge in [-0.2, -0.15) is 5.10 Å². The second-order valence-electron chi connectivity index (χ2n) is 6.73. The van der Waals surface area contributed by atoms with E-state index in [1.165, 1.54) is 11.3 Å². The third-order valence-corrected chi connectivity index (χ3v) is 5.60. The molecule has 0 fully saturated rings. The van der Waals surface area contributed by atoms with E-state index in [1.807, 2.05) is 13.0 Å². The fraction of sp³-hybridized carbons (Fsp3) is 0.389. The summed E-state index contributed by atoms with van der Waals surface area (Å²) >= 11 is 1.49. The summed E-state index contributed by atoms with van der Waals surface area (Å²) in [6, 6.07) is 1.79. The van der Waals surface area contributed by atoms with Gasteiger partial charge < -0.3 is 9.80 Å². The predicted molar refractivity (Wildman–Crippen MR) is 106 cm³/mol. The monoisotopic (exact) mass is 383 g/mol. The minimum atomic E-state index is -0.223. The lowest BCUT2D eigenvalue weighted by Gasteiger charge is -2.42. The van der Waals surface area contributed by atoms with Crippen LogP contribution in [0.2, 0.25) is 0 Å². The molecule has 3 aromatic heterocycles.